The first-order valence-electron chi connectivity index (χ1n) is 22.1. The second-order valence-electron chi connectivity index (χ2n) is 14.5. The van der Waals surface area contributed by atoms with E-state index in [0.717, 1.165) is 115 Å². The molecule has 314 valence electrons. The van der Waals surface area contributed by atoms with Crippen LogP contribution in [0.3, 0.4) is 0 Å². The van der Waals surface area contributed by atoms with Gasteiger partial charge in [-0.3, -0.25) is 9.59 Å². The average Bonchev–Trinajstić information content (AvgIpc) is 3.18. The summed E-state index contributed by atoms with van der Waals surface area (Å²) in [6.07, 6.45) is 45.0. The Morgan fingerprint density at radius 1 is 0.571 bits per heavy atom. The van der Waals surface area contributed by atoms with Gasteiger partial charge in [-0.2, -0.15) is 0 Å². The molecule has 0 saturated heterocycles. The molecule has 0 amide bonds. The van der Waals surface area contributed by atoms with E-state index in [1.165, 1.54) is 45.4 Å². The smallest absolute Gasteiger partial charge is 0.345 e. The summed E-state index contributed by atoms with van der Waals surface area (Å²) in [5.74, 6) is -1.33. The number of esters is 3. The van der Waals surface area contributed by atoms with Crippen LogP contribution in [0.15, 0.2) is 79.0 Å². The second-order valence-corrected chi connectivity index (χ2v) is 14.5. The third kappa shape index (κ3) is 29.4. The molecule has 1 atom stereocenters. The topological polar surface area (TPSA) is 90.9 Å². The van der Waals surface area contributed by atoms with Crippen molar-refractivity contribution in [3.05, 3.63) is 84.5 Å². The zero-order valence-electron chi connectivity index (χ0n) is 35.7. The minimum Gasteiger partial charge on any atom is -0.426 e. The zero-order valence-corrected chi connectivity index (χ0v) is 35.7. The summed E-state index contributed by atoms with van der Waals surface area (Å²) >= 11 is 0. The fourth-order valence-corrected chi connectivity index (χ4v) is 5.99. The van der Waals surface area contributed by atoms with Gasteiger partial charge in [0.15, 0.2) is 0 Å². The van der Waals surface area contributed by atoms with Gasteiger partial charge in [0.25, 0.3) is 0 Å². The Labute approximate surface area is 341 Å². The molecule has 1 unspecified atom stereocenters. The molecule has 0 saturated carbocycles. The first-order valence-corrected chi connectivity index (χ1v) is 22.1. The molecule has 0 aliphatic heterocycles. The number of nitrogens with one attached hydrogen (secondary N) is 1. The minimum atomic E-state index is -1.07. The highest BCUT2D eigenvalue weighted by atomic mass is 16.7. The molecule has 0 radical (unpaired) electrons. The molecule has 0 aromatic heterocycles. The van der Waals surface area contributed by atoms with Gasteiger partial charge in [-0.05, 0) is 82.4 Å². The van der Waals surface area contributed by atoms with Crippen LogP contribution in [0.1, 0.15) is 192 Å². The molecule has 0 fully saturated rings. The van der Waals surface area contributed by atoms with Gasteiger partial charge in [0.1, 0.15) is 11.3 Å². The largest absolute Gasteiger partial charge is 0.426 e. The molecule has 0 spiro atoms. The predicted octanol–water partition coefficient (Wildman–Crippen LogP) is 14.3. The Hall–Kier alpha value is -3.87. The first-order chi connectivity index (χ1) is 27.4. The summed E-state index contributed by atoms with van der Waals surface area (Å²) in [6.45, 7) is 8.78. The van der Waals surface area contributed by atoms with Crippen LogP contribution in [0.2, 0.25) is 0 Å². The van der Waals surface area contributed by atoms with Gasteiger partial charge in [0.2, 0.25) is 6.29 Å². The van der Waals surface area contributed by atoms with Crippen LogP contribution in [0.4, 0.5) is 5.69 Å². The van der Waals surface area contributed by atoms with Gasteiger partial charge < -0.3 is 19.5 Å². The van der Waals surface area contributed by atoms with E-state index in [9.17, 15) is 14.4 Å². The van der Waals surface area contributed by atoms with Crippen LogP contribution in [-0.4, -0.2) is 30.7 Å². The predicted molar refractivity (Wildman–Crippen MR) is 235 cm³/mol. The van der Waals surface area contributed by atoms with Crippen LogP contribution >= 0.6 is 0 Å². The summed E-state index contributed by atoms with van der Waals surface area (Å²) in [7, 11) is 0. The maximum absolute atomic E-state index is 13.3. The Morgan fingerprint density at radius 3 is 1.62 bits per heavy atom. The minimum absolute atomic E-state index is 0.122. The van der Waals surface area contributed by atoms with E-state index in [1.807, 2.05) is 6.07 Å². The lowest BCUT2D eigenvalue weighted by atomic mass is 10.1. The number of hydrogen-bond acceptors (Lipinski definition) is 7. The van der Waals surface area contributed by atoms with Crippen molar-refractivity contribution in [3.8, 4) is 5.75 Å². The number of carbonyl (C=O) groups is 3. The van der Waals surface area contributed by atoms with Crippen LogP contribution < -0.4 is 10.1 Å². The normalized spacial score (nSPS) is 12.4. The Morgan fingerprint density at radius 2 is 1.07 bits per heavy atom. The molecule has 1 N–H and O–H groups in total. The molecule has 7 heteroatoms. The summed E-state index contributed by atoms with van der Waals surface area (Å²) in [4.78, 5) is 38.5. The first kappa shape index (κ1) is 50.1. The quantitative estimate of drug-likeness (QED) is 0.0241. The molecule has 0 aliphatic carbocycles. The zero-order chi connectivity index (χ0) is 40.7. The number of unbranched alkanes of at least 4 members (excludes halogenated alkanes) is 14. The Bertz CT molecular complexity index is 1310. The van der Waals surface area contributed by atoms with E-state index in [4.69, 9.17) is 14.2 Å². The molecule has 56 heavy (non-hydrogen) atoms. The lowest BCUT2D eigenvalue weighted by molar-refractivity contribution is -0.165. The third-order valence-corrected chi connectivity index (χ3v) is 9.25. The van der Waals surface area contributed by atoms with Crippen molar-refractivity contribution in [1.82, 2.24) is 0 Å². The summed E-state index contributed by atoms with van der Waals surface area (Å²) in [5.41, 5.74) is 0.846. The molecular weight excluding hydrogens is 699 g/mol. The van der Waals surface area contributed by atoms with Crippen LogP contribution in [-0.2, 0) is 19.1 Å². The van der Waals surface area contributed by atoms with E-state index in [1.54, 1.807) is 12.1 Å². The monoisotopic (exact) mass is 776 g/mol. The van der Waals surface area contributed by atoms with E-state index >= 15 is 0 Å². The number of carbonyl (C=O) groups excluding carboxylic acids is 3. The third-order valence-electron chi connectivity index (χ3n) is 9.25. The summed E-state index contributed by atoms with van der Waals surface area (Å²) in [6, 6.07) is 5.09. The van der Waals surface area contributed by atoms with Crippen molar-refractivity contribution in [2.24, 2.45) is 0 Å². The molecule has 7 nitrogen and oxygen atoms in total. The van der Waals surface area contributed by atoms with Crippen molar-refractivity contribution in [1.29, 1.82) is 0 Å². The fraction of sp³-hybridized carbons (Fsp3) is 0.612. The highest BCUT2D eigenvalue weighted by molar-refractivity contribution is 5.94. The van der Waals surface area contributed by atoms with Crippen molar-refractivity contribution < 1.29 is 28.6 Å². The van der Waals surface area contributed by atoms with Crippen molar-refractivity contribution in [2.75, 3.05) is 11.9 Å². The fourth-order valence-electron chi connectivity index (χ4n) is 5.99. The molecule has 0 aliphatic rings. The number of allylic oxidation sites excluding steroid dienone is 10. The Kier molecular flexibility index (Phi) is 32.9. The van der Waals surface area contributed by atoms with Gasteiger partial charge in [-0.25, -0.2) is 4.79 Å². The van der Waals surface area contributed by atoms with Crippen molar-refractivity contribution >= 4 is 23.6 Å². The lowest BCUT2D eigenvalue weighted by Gasteiger charge is -2.17. The standard InChI is InChI=1S/C49H77NO6/c1-5-8-11-14-16-18-19-20-21-22-23-24-25-26-28-30-33-36-41-50-44-39-40-46(56-48(52)38-35-32-29-27-17-15-12-9-6-2)45(42-44)49(53)55-43(4)54-47(51)37-34-31-13-10-7-3/h8,11,16,18,20-21,23-24,26,28,39-40,42-43,50H,5-7,9-10,12-15,17,19,22,25,27,29-38,41H2,1-4H3/b11-8-,18-16-,21-20-,24-23-,28-26-. The van der Waals surface area contributed by atoms with Gasteiger partial charge in [-0.15, -0.1) is 0 Å². The average molecular weight is 776 g/mol. The van der Waals surface area contributed by atoms with Crippen molar-refractivity contribution in [2.45, 2.75) is 188 Å². The molecule has 0 bridgehead atoms. The highest BCUT2D eigenvalue weighted by Crippen LogP contribution is 2.26. The molecular formula is C49H77NO6. The maximum Gasteiger partial charge on any atom is 0.345 e. The number of anilines is 1. The van der Waals surface area contributed by atoms with Gasteiger partial charge >= 0.3 is 17.9 Å². The summed E-state index contributed by atoms with van der Waals surface area (Å²) < 4.78 is 16.6. The van der Waals surface area contributed by atoms with E-state index in [2.05, 4.69) is 86.8 Å². The molecule has 1 aromatic carbocycles. The van der Waals surface area contributed by atoms with Crippen molar-refractivity contribution in [3.63, 3.8) is 0 Å². The molecule has 0 heterocycles. The number of benzene rings is 1. The SMILES string of the molecule is CC/C=C\C/C=C\C/C=C\C/C=C\C/C=C\CCCCNc1ccc(OC(=O)CCCCCCCCCCC)c(C(=O)OC(C)OC(=O)CCCCCCC)c1. The van der Waals surface area contributed by atoms with Gasteiger partial charge in [-0.1, -0.05) is 159 Å². The second kappa shape index (κ2) is 36.7. The van der Waals surface area contributed by atoms with E-state index < -0.39 is 18.2 Å². The van der Waals surface area contributed by atoms with Crippen LogP contribution in [0.5, 0.6) is 5.75 Å². The number of hydrogen-bond donors (Lipinski definition) is 1. The summed E-state index contributed by atoms with van der Waals surface area (Å²) in [5, 5.41) is 3.39. The highest BCUT2D eigenvalue weighted by Gasteiger charge is 2.21. The van der Waals surface area contributed by atoms with E-state index in [-0.39, 0.29) is 30.1 Å². The maximum atomic E-state index is 13.3. The van der Waals surface area contributed by atoms with E-state index in [0.29, 0.717) is 0 Å². The number of rotatable bonds is 35. The van der Waals surface area contributed by atoms with Crippen LogP contribution in [0, 0.1) is 0 Å². The Balaban J connectivity index is 2.59. The number of ether oxygens (including phenoxy) is 3. The van der Waals surface area contributed by atoms with Gasteiger partial charge in [0, 0.05) is 32.0 Å². The lowest BCUT2D eigenvalue weighted by Crippen LogP contribution is -2.22. The molecule has 1 aromatic rings. The molecule has 1 rings (SSSR count). The van der Waals surface area contributed by atoms with Crippen LogP contribution in [0.25, 0.3) is 0 Å². The van der Waals surface area contributed by atoms with Gasteiger partial charge in [0.05, 0.1) is 0 Å².